The molecule has 1 unspecified atom stereocenters. The van der Waals surface area contributed by atoms with E-state index in [-0.39, 0.29) is 12.3 Å². The molecule has 1 fully saturated rings. The van der Waals surface area contributed by atoms with E-state index in [1.165, 1.54) is 11.3 Å². The number of likely N-dealkylation sites (tertiary alicyclic amines) is 1. The Morgan fingerprint density at radius 3 is 3.00 bits per heavy atom. The molecular weight excluding hydrogens is 238 g/mol. The van der Waals surface area contributed by atoms with Gasteiger partial charge in [0.2, 0.25) is 11.8 Å². The molecule has 1 aliphatic heterocycles. The number of carbonyl (C=O) groups excluding carboxylic acids is 2. The van der Waals surface area contributed by atoms with Crippen molar-refractivity contribution in [2.75, 3.05) is 6.54 Å². The number of nitrogens with two attached hydrogens (primary N) is 1. The predicted molar refractivity (Wildman–Crippen MR) is 64.5 cm³/mol. The van der Waals surface area contributed by atoms with Gasteiger partial charge in [-0.1, -0.05) is 0 Å². The second-order valence-corrected chi connectivity index (χ2v) is 5.24. The van der Waals surface area contributed by atoms with E-state index in [4.69, 9.17) is 5.73 Å². The molecule has 2 N–H and O–H groups in total. The third kappa shape index (κ3) is 2.63. The molecular formula is C11H15N3O2S. The van der Waals surface area contributed by atoms with Crippen LogP contribution in [0.5, 0.6) is 0 Å². The molecule has 0 radical (unpaired) electrons. The summed E-state index contributed by atoms with van der Waals surface area (Å²) in [6, 6.07) is -0.428. The molecule has 1 aromatic rings. The average Bonchev–Trinajstić information content (AvgIpc) is 2.86. The highest BCUT2D eigenvalue weighted by atomic mass is 32.1. The Bertz CT molecular complexity index is 444. The molecule has 17 heavy (non-hydrogen) atoms. The molecule has 0 aromatic carbocycles. The summed E-state index contributed by atoms with van der Waals surface area (Å²) < 4.78 is 0. The summed E-state index contributed by atoms with van der Waals surface area (Å²) >= 11 is 1.52. The van der Waals surface area contributed by atoms with Gasteiger partial charge in [-0.15, -0.1) is 11.3 Å². The molecule has 2 rings (SSSR count). The molecule has 2 heterocycles. The molecule has 1 aromatic heterocycles. The standard InChI is InChI=1S/C11H15N3O2S/c1-7-13-8(6-17-7)5-10(15)14-4-2-3-9(14)11(12)16/h6,9H,2-5H2,1H3,(H2,12,16). The van der Waals surface area contributed by atoms with Crippen molar-refractivity contribution in [2.24, 2.45) is 5.73 Å². The molecule has 6 heteroatoms. The van der Waals surface area contributed by atoms with Gasteiger partial charge in [0, 0.05) is 11.9 Å². The lowest BCUT2D eigenvalue weighted by Crippen LogP contribution is -2.44. The first-order chi connectivity index (χ1) is 8.08. The molecule has 2 amide bonds. The smallest absolute Gasteiger partial charge is 0.240 e. The van der Waals surface area contributed by atoms with Crippen LogP contribution in [0.4, 0.5) is 0 Å². The Kier molecular flexibility index (Phi) is 3.42. The Morgan fingerprint density at radius 2 is 2.41 bits per heavy atom. The third-order valence-corrected chi connectivity index (χ3v) is 3.72. The van der Waals surface area contributed by atoms with Crippen molar-refractivity contribution < 1.29 is 9.59 Å². The molecule has 0 bridgehead atoms. The number of hydrogen-bond acceptors (Lipinski definition) is 4. The van der Waals surface area contributed by atoms with Gasteiger partial charge < -0.3 is 10.6 Å². The second kappa shape index (κ2) is 4.83. The van der Waals surface area contributed by atoms with Crippen LogP contribution in [0.15, 0.2) is 5.38 Å². The van der Waals surface area contributed by atoms with Crippen LogP contribution in [0.2, 0.25) is 0 Å². The van der Waals surface area contributed by atoms with Crippen LogP contribution in [0.1, 0.15) is 23.5 Å². The molecule has 0 spiro atoms. The van der Waals surface area contributed by atoms with Crippen molar-refractivity contribution in [3.05, 3.63) is 16.1 Å². The number of rotatable bonds is 3. The van der Waals surface area contributed by atoms with Crippen molar-refractivity contribution >= 4 is 23.2 Å². The molecule has 0 saturated carbocycles. The average molecular weight is 253 g/mol. The summed E-state index contributed by atoms with van der Waals surface area (Å²) in [5.74, 6) is -0.470. The number of aromatic nitrogens is 1. The quantitative estimate of drug-likeness (QED) is 0.850. The second-order valence-electron chi connectivity index (χ2n) is 4.18. The minimum Gasteiger partial charge on any atom is -0.368 e. The summed E-state index contributed by atoms with van der Waals surface area (Å²) in [5.41, 5.74) is 6.05. The van der Waals surface area contributed by atoms with Crippen molar-refractivity contribution in [1.82, 2.24) is 9.88 Å². The molecule has 1 atom stereocenters. The van der Waals surface area contributed by atoms with Crippen molar-refractivity contribution in [3.63, 3.8) is 0 Å². The first kappa shape index (κ1) is 12.0. The highest BCUT2D eigenvalue weighted by molar-refractivity contribution is 7.09. The maximum absolute atomic E-state index is 12.0. The highest BCUT2D eigenvalue weighted by Crippen LogP contribution is 2.18. The fraction of sp³-hybridized carbons (Fsp3) is 0.545. The minimum atomic E-state index is -0.428. The Hall–Kier alpha value is -1.43. The molecule has 92 valence electrons. The minimum absolute atomic E-state index is 0.0587. The molecule has 0 aliphatic carbocycles. The van der Waals surface area contributed by atoms with Gasteiger partial charge in [-0.3, -0.25) is 9.59 Å². The summed E-state index contributed by atoms with van der Waals surface area (Å²) in [6.07, 6.45) is 1.78. The molecule has 1 saturated heterocycles. The number of amides is 2. The van der Waals surface area contributed by atoms with E-state index in [1.54, 1.807) is 4.90 Å². The van der Waals surface area contributed by atoms with Crippen LogP contribution in [0.25, 0.3) is 0 Å². The van der Waals surface area contributed by atoms with Gasteiger partial charge in [0.15, 0.2) is 0 Å². The lowest BCUT2D eigenvalue weighted by Gasteiger charge is -2.21. The van der Waals surface area contributed by atoms with Crippen LogP contribution in [-0.2, 0) is 16.0 Å². The lowest BCUT2D eigenvalue weighted by molar-refractivity contribution is -0.136. The van der Waals surface area contributed by atoms with E-state index in [0.717, 1.165) is 17.1 Å². The Balaban J connectivity index is 2.02. The van der Waals surface area contributed by atoms with Crippen LogP contribution in [0.3, 0.4) is 0 Å². The van der Waals surface area contributed by atoms with Gasteiger partial charge in [0.25, 0.3) is 0 Å². The molecule has 5 nitrogen and oxygen atoms in total. The van der Waals surface area contributed by atoms with Gasteiger partial charge in [-0.2, -0.15) is 0 Å². The van der Waals surface area contributed by atoms with Gasteiger partial charge in [-0.05, 0) is 19.8 Å². The van der Waals surface area contributed by atoms with E-state index in [2.05, 4.69) is 4.98 Å². The third-order valence-electron chi connectivity index (χ3n) is 2.90. The van der Waals surface area contributed by atoms with Gasteiger partial charge in [0.05, 0.1) is 17.1 Å². The first-order valence-corrected chi connectivity index (χ1v) is 6.45. The summed E-state index contributed by atoms with van der Waals surface area (Å²) in [4.78, 5) is 29.0. The number of primary amides is 1. The zero-order valence-electron chi connectivity index (χ0n) is 9.68. The van der Waals surface area contributed by atoms with E-state index >= 15 is 0 Å². The number of hydrogen-bond donors (Lipinski definition) is 1. The number of nitrogens with zero attached hydrogens (tertiary/aromatic N) is 2. The van der Waals surface area contributed by atoms with E-state index < -0.39 is 11.9 Å². The van der Waals surface area contributed by atoms with Gasteiger partial charge in [-0.25, -0.2) is 4.98 Å². The van der Waals surface area contributed by atoms with Crippen molar-refractivity contribution in [1.29, 1.82) is 0 Å². The van der Waals surface area contributed by atoms with Gasteiger partial charge >= 0.3 is 0 Å². The van der Waals surface area contributed by atoms with Crippen LogP contribution in [-0.4, -0.2) is 34.3 Å². The zero-order chi connectivity index (χ0) is 12.4. The topological polar surface area (TPSA) is 76.3 Å². The normalized spacial score (nSPS) is 19.6. The molecule has 1 aliphatic rings. The monoisotopic (exact) mass is 253 g/mol. The largest absolute Gasteiger partial charge is 0.368 e. The Morgan fingerprint density at radius 1 is 1.65 bits per heavy atom. The Labute approximate surface area is 104 Å². The first-order valence-electron chi connectivity index (χ1n) is 5.57. The van der Waals surface area contributed by atoms with Crippen molar-refractivity contribution in [3.8, 4) is 0 Å². The van der Waals surface area contributed by atoms with Gasteiger partial charge in [0.1, 0.15) is 6.04 Å². The highest BCUT2D eigenvalue weighted by Gasteiger charge is 2.32. The summed E-state index contributed by atoms with van der Waals surface area (Å²) in [5, 5.41) is 2.82. The van der Waals surface area contributed by atoms with E-state index in [9.17, 15) is 9.59 Å². The lowest BCUT2D eigenvalue weighted by atomic mass is 10.2. The van der Waals surface area contributed by atoms with Crippen molar-refractivity contribution in [2.45, 2.75) is 32.2 Å². The van der Waals surface area contributed by atoms with Crippen LogP contribution < -0.4 is 5.73 Å². The SMILES string of the molecule is Cc1nc(CC(=O)N2CCCC2C(N)=O)cs1. The fourth-order valence-electron chi connectivity index (χ4n) is 2.11. The van der Waals surface area contributed by atoms with Crippen LogP contribution in [0, 0.1) is 6.92 Å². The summed E-state index contributed by atoms with van der Waals surface area (Å²) in [7, 11) is 0. The number of thiazole rings is 1. The van der Waals surface area contributed by atoms with Crippen LogP contribution >= 0.6 is 11.3 Å². The maximum Gasteiger partial charge on any atom is 0.240 e. The maximum atomic E-state index is 12.0. The zero-order valence-corrected chi connectivity index (χ0v) is 10.5. The fourth-order valence-corrected chi connectivity index (χ4v) is 2.72. The summed E-state index contributed by atoms with van der Waals surface area (Å²) in [6.45, 7) is 2.52. The number of carbonyl (C=O) groups is 2. The number of aryl methyl sites for hydroxylation is 1. The van der Waals surface area contributed by atoms with E-state index in [1.807, 2.05) is 12.3 Å². The van der Waals surface area contributed by atoms with E-state index in [0.29, 0.717) is 13.0 Å². The predicted octanol–water partition coefficient (Wildman–Crippen LogP) is 0.470.